The van der Waals surface area contributed by atoms with E-state index in [4.69, 9.17) is 0 Å². The molecule has 0 heterocycles. The summed E-state index contributed by atoms with van der Waals surface area (Å²) in [5, 5.41) is 0. The second kappa shape index (κ2) is 4.57. The van der Waals surface area contributed by atoms with Crippen LogP contribution in [0.15, 0.2) is 23.1 Å². The predicted molar refractivity (Wildman–Crippen MR) is 50.3 cm³/mol. The Labute approximate surface area is 88.4 Å². The molecule has 0 aliphatic carbocycles. The number of benzene rings is 1. The highest BCUT2D eigenvalue weighted by Gasteiger charge is 2.32. The van der Waals surface area contributed by atoms with Crippen LogP contribution in [0.5, 0.6) is 5.75 Å². The van der Waals surface area contributed by atoms with E-state index in [0.717, 1.165) is 6.07 Å². The van der Waals surface area contributed by atoms with Gasteiger partial charge in [0.25, 0.3) is 0 Å². The van der Waals surface area contributed by atoms with Crippen LogP contribution in [-0.4, -0.2) is 18.9 Å². The highest BCUT2D eigenvalue weighted by Crippen LogP contribution is 2.28. The third-order valence-electron chi connectivity index (χ3n) is 1.57. The van der Waals surface area contributed by atoms with E-state index in [-0.39, 0.29) is 5.56 Å². The summed E-state index contributed by atoms with van der Waals surface area (Å²) in [5.74, 6) is -0.477. The first-order valence-electron chi connectivity index (χ1n) is 3.85. The van der Waals surface area contributed by atoms with Gasteiger partial charge in [-0.2, -0.15) is 0 Å². The monoisotopic (exact) mass is 236 g/mol. The summed E-state index contributed by atoms with van der Waals surface area (Å²) in [5.41, 5.74) is -0.112. The molecular weight excluding hydrogens is 229 g/mol. The molecule has 1 aromatic carbocycles. The van der Waals surface area contributed by atoms with Gasteiger partial charge in [0.05, 0.1) is 5.56 Å². The van der Waals surface area contributed by atoms with Crippen molar-refractivity contribution in [3.05, 3.63) is 23.8 Å². The minimum Gasteiger partial charge on any atom is -0.405 e. The van der Waals surface area contributed by atoms with Crippen molar-refractivity contribution in [1.82, 2.24) is 0 Å². The Kier molecular flexibility index (Phi) is 3.62. The van der Waals surface area contributed by atoms with E-state index in [1.54, 1.807) is 6.26 Å². The zero-order valence-corrected chi connectivity index (χ0v) is 8.48. The minimum atomic E-state index is -4.78. The Morgan fingerprint density at radius 3 is 2.53 bits per heavy atom. The third-order valence-corrected chi connectivity index (χ3v) is 2.29. The van der Waals surface area contributed by atoms with Gasteiger partial charge in [0, 0.05) is 4.90 Å². The van der Waals surface area contributed by atoms with Gasteiger partial charge in [-0.25, -0.2) is 0 Å². The van der Waals surface area contributed by atoms with Crippen molar-refractivity contribution in [1.29, 1.82) is 0 Å². The molecule has 0 aliphatic rings. The summed E-state index contributed by atoms with van der Waals surface area (Å²) in [7, 11) is 0. The molecule has 0 aromatic heterocycles. The molecule has 6 heteroatoms. The van der Waals surface area contributed by atoms with Crippen LogP contribution >= 0.6 is 11.8 Å². The number of alkyl halides is 3. The molecule has 0 atom stereocenters. The SMILES string of the molecule is CSc1ccc(OC(F)(F)F)c(C=O)c1. The molecule has 1 rings (SSSR count). The van der Waals surface area contributed by atoms with Gasteiger partial charge in [-0.1, -0.05) is 0 Å². The summed E-state index contributed by atoms with van der Waals surface area (Å²) in [4.78, 5) is 11.2. The first-order chi connectivity index (χ1) is 6.96. The molecule has 2 nitrogen and oxygen atoms in total. The Morgan fingerprint density at radius 1 is 1.40 bits per heavy atom. The maximum atomic E-state index is 11.9. The molecule has 0 aliphatic heterocycles. The number of hydrogen-bond donors (Lipinski definition) is 0. The summed E-state index contributed by atoms with van der Waals surface area (Å²) < 4.78 is 39.4. The molecule has 0 N–H and O–H groups in total. The van der Waals surface area contributed by atoms with Crippen LogP contribution in [0.25, 0.3) is 0 Å². The molecule has 0 bridgehead atoms. The maximum Gasteiger partial charge on any atom is 0.573 e. The standard InChI is InChI=1S/C9H7F3O2S/c1-15-7-2-3-8(6(4-7)5-13)14-9(10,11)12/h2-5H,1H3. The molecule has 1 aromatic rings. The number of carbonyl (C=O) groups excluding carboxylic acids is 1. The van der Waals surface area contributed by atoms with Gasteiger partial charge >= 0.3 is 6.36 Å². The quantitative estimate of drug-likeness (QED) is 0.595. The van der Waals surface area contributed by atoms with Gasteiger partial charge in [0.1, 0.15) is 5.75 Å². The smallest absolute Gasteiger partial charge is 0.405 e. The van der Waals surface area contributed by atoms with Crippen molar-refractivity contribution in [2.24, 2.45) is 0 Å². The highest BCUT2D eigenvalue weighted by molar-refractivity contribution is 7.98. The van der Waals surface area contributed by atoms with E-state index in [1.807, 2.05) is 0 Å². The van der Waals surface area contributed by atoms with Crippen LogP contribution in [0, 0.1) is 0 Å². The zero-order valence-electron chi connectivity index (χ0n) is 7.67. The number of thioether (sulfide) groups is 1. The maximum absolute atomic E-state index is 11.9. The Balaban J connectivity index is 3.03. The summed E-state index contributed by atoms with van der Waals surface area (Å²) in [6.07, 6.45) is -2.69. The second-order valence-corrected chi connectivity index (χ2v) is 3.45. The third kappa shape index (κ3) is 3.47. The van der Waals surface area contributed by atoms with E-state index in [9.17, 15) is 18.0 Å². The van der Waals surface area contributed by atoms with Gasteiger partial charge < -0.3 is 4.74 Å². The van der Waals surface area contributed by atoms with Crippen LogP contribution in [0.2, 0.25) is 0 Å². The second-order valence-electron chi connectivity index (χ2n) is 2.57. The minimum absolute atomic E-state index is 0.112. The average Bonchev–Trinajstić information content (AvgIpc) is 2.16. The molecular formula is C9H7F3O2S. The summed E-state index contributed by atoms with van der Waals surface area (Å²) >= 11 is 1.33. The van der Waals surface area contributed by atoms with E-state index in [2.05, 4.69) is 4.74 Å². The largest absolute Gasteiger partial charge is 0.573 e. The first kappa shape index (κ1) is 11.9. The van der Waals surface area contributed by atoms with Crippen LogP contribution in [0.4, 0.5) is 13.2 Å². The van der Waals surface area contributed by atoms with Crippen molar-refractivity contribution in [2.45, 2.75) is 11.3 Å². The van der Waals surface area contributed by atoms with Crippen LogP contribution in [0.1, 0.15) is 10.4 Å². The van der Waals surface area contributed by atoms with Crippen LogP contribution in [-0.2, 0) is 0 Å². The average molecular weight is 236 g/mol. The number of ether oxygens (including phenoxy) is 1. The molecule has 0 radical (unpaired) electrons. The molecule has 0 saturated heterocycles. The van der Waals surface area contributed by atoms with Gasteiger partial charge in [-0.3, -0.25) is 4.79 Å². The lowest BCUT2D eigenvalue weighted by Crippen LogP contribution is -2.18. The predicted octanol–water partition coefficient (Wildman–Crippen LogP) is 3.12. The van der Waals surface area contributed by atoms with Crippen molar-refractivity contribution in [3.8, 4) is 5.75 Å². The van der Waals surface area contributed by atoms with Crippen molar-refractivity contribution in [3.63, 3.8) is 0 Å². The van der Waals surface area contributed by atoms with Crippen molar-refractivity contribution >= 4 is 18.0 Å². The first-order valence-corrected chi connectivity index (χ1v) is 5.07. The Morgan fingerprint density at radius 2 is 2.07 bits per heavy atom. The van der Waals surface area contributed by atoms with Crippen molar-refractivity contribution in [2.75, 3.05) is 6.26 Å². The topological polar surface area (TPSA) is 26.3 Å². The Bertz CT molecular complexity index is 363. The lowest BCUT2D eigenvalue weighted by Gasteiger charge is -2.11. The van der Waals surface area contributed by atoms with E-state index < -0.39 is 12.1 Å². The normalized spacial score (nSPS) is 11.2. The molecule has 0 fully saturated rings. The fourth-order valence-electron chi connectivity index (χ4n) is 0.963. The van der Waals surface area contributed by atoms with Gasteiger partial charge in [0.15, 0.2) is 6.29 Å². The molecule has 15 heavy (non-hydrogen) atoms. The Hall–Kier alpha value is -1.17. The summed E-state index contributed by atoms with van der Waals surface area (Å²) in [6.45, 7) is 0. The molecule has 0 unspecified atom stereocenters. The molecule has 0 spiro atoms. The van der Waals surface area contributed by atoms with E-state index in [1.165, 1.54) is 23.9 Å². The number of carbonyl (C=O) groups is 1. The highest BCUT2D eigenvalue weighted by atomic mass is 32.2. The number of halogens is 3. The lowest BCUT2D eigenvalue weighted by molar-refractivity contribution is -0.274. The van der Waals surface area contributed by atoms with E-state index >= 15 is 0 Å². The van der Waals surface area contributed by atoms with Crippen LogP contribution in [0.3, 0.4) is 0 Å². The fraction of sp³-hybridized carbons (Fsp3) is 0.222. The van der Waals surface area contributed by atoms with Crippen LogP contribution < -0.4 is 4.74 Å². The van der Waals surface area contributed by atoms with E-state index in [0.29, 0.717) is 11.2 Å². The number of rotatable bonds is 3. The van der Waals surface area contributed by atoms with Gasteiger partial charge in [-0.15, -0.1) is 24.9 Å². The molecule has 0 saturated carbocycles. The van der Waals surface area contributed by atoms with Gasteiger partial charge in [-0.05, 0) is 24.5 Å². The number of hydrogen-bond acceptors (Lipinski definition) is 3. The zero-order chi connectivity index (χ0) is 11.5. The van der Waals surface area contributed by atoms with Crippen molar-refractivity contribution < 1.29 is 22.7 Å². The lowest BCUT2D eigenvalue weighted by atomic mass is 10.2. The molecule has 0 amide bonds. The molecule has 82 valence electrons. The summed E-state index contributed by atoms with van der Waals surface area (Å²) in [6, 6.07) is 3.93. The number of aldehydes is 1. The van der Waals surface area contributed by atoms with Gasteiger partial charge in [0.2, 0.25) is 0 Å². The fourth-order valence-corrected chi connectivity index (χ4v) is 1.41.